The predicted octanol–water partition coefficient (Wildman–Crippen LogP) is 2.36. The van der Waals surface area contributed by atoms with Crippen molar-refractivity contribution < 1.29 is 4.52 Å². The molecule has 20 heavy (non-hydrogen) atoms. The molecule has 0 bridgehead atoms. The van der Waals surface area contributed by atoms with Crippen LogP contribution in [0, 0.1) is 5.41 Å². The lowest BCUT2D eigenvalue weighted by molar-refractivity contribution is 0.289. The largest absolute Gasteiger partial charge is 0.339 e. The van der Waals surface area contributed by atoms with Crippen LogP contribution in [0.5, 0.6) is 0 Å². The van der Waals surface area contributed by atoms with Crippen LogP contribution >= 0.6 is 0 Å². The van der Waals surface area contributed by atoms with E-state index in [2.05, 4.69) is 29.0 Å². The van der Waals surface area contributed by atoms with Crippen LogP contribution in [0.4, 0.5) is 0 Å². The molecule has 0 aliphatic heterocycles. The fourth-order valence-corrected chi connectivity index (χ4v) is 2.11. The normalized spacial score (nSPS) is 11.8. The Bertz CT molecular complexity index is 522. The third kappa shape index (κ3) is 4.42. The minimum absolute atomic E-state index is 0.215. The van der Waals surface area contributed by atoms with Gasteiger partial charge >= 0.3 is 0 Å². The SMILES string of the molecule is CC(C)(CCN)CCc1nc(Cc2cccnc2)no1. The minimum atomic E-state index is 0.215. The molecule has 2 heterocycles. The van der Waals surface area contributed by atoms with E-state index in [1.165, 1.54) is 0 Å². The van der Waals surface area contributed by atoms with Crippen molar-refractivity contribution in [2.24, 2.45) is 11.1 Å². The molecule has 5 heteroatoms. The lowest BCUT2D eigenvalue weighted by atomic mass is 9.84. The van der Waals surface area contributed by atoms with Gasteiger partial charge in [-0.15, -0.1) is 0 Å². The highest BCUT2D eigenvalue weighted by Crippen LogP contribution is 2.25. The van der Waals surface area contributed by atoms with Crippen LogP contribution in [0.25, 0.3) is 0 Å². The summed E-state index contributed by atoms with van der Waals surface area (Å²) in [4.78, 5) is 8.51. The van der Waals surface area contributed by atoms with Gasteiger partial charge in [-0.3, -0.25) is 4.98 Å². The summed E-state index contributed by atoms with van der Waals surface area (Å²) in [7, 11) is 0. The fraction of sp³-hybridized carbons (Fsp3) is 0.533. The Morgan fingerprint density at radius 2 is 2.15 bits per heavy atom. The summed E-state index contributed by atoms with van der Waals surface area (Å²) in [6.07, 6.45) is 7.03. The van der Waals surface area contributed by atoms with Gasteiger partial charge in [-0.1, -0.05) is 25.1 Å². The molecule has 2 N–H and O–H groups in total. The first-order valence-corrected chi connectivity index (χ1v) is 6.99. The number of hydrogen-bond acceptors (Lipinski definition) is 5. The molecule has 2 rings (SSSR count). The highest BCUT2D eigenvalue weighted by Gasteiger charge is 2.18. The van der Waals surface area contributed by atoms with Crippen LogP contribution in [0.2, 0.25) is 0 Å². The van der Waals surface area contributed by atoms with Crippen molar-refractivity contribution in [2.45, 2.75) is 39.5 Å². The van der Waals surface area contributed by atoms with Crippen molar-refractivity contribution in [1.29, 1.82) is 0 Å². The minimum Gasteiger partial charge on any atom is -0.339 e. The Morgan fingerprint density at radius 1 is 1.30 bits per heavy atom. The maximum absolute atomic E-state index is 5.62. The molecule has 0 aliphatic rings. The standard InChI is InChI=1S/C15H22N4O/c1-15(2,7-8-16)6-5-14-18-13(19-20-14)10-12-4-3-9-17-11-12/h3-4,9,11H,5-8,10,16H2,1-2H3. The van der Waals surface area contributed by atoms with Gasteiger partial charge in [0.15, 0.2) is 5.82 Å². The number of nitrogens with two attached hydrogens (primary N) is 1. The molecule has 0 saturated carbocycles. The molecule has 0 unspecified atom stereocenters. The van der Waals surface area contributed by atoms with Crippen LogP contribution in [-0.4, -0.2) is 21.7 Å². The molecule has 0 aromatic carbocycles. The Morgan fingerprint density at radius 3 is 2.85 bits per heavy atom. The van der Waals surface area contributed by atoms with E-state index >= 15 is 0 Å². The van der Waals surface area contributed by atoms with E-state index in [0.29, 0.717) is 24.7 Å². The summed E-state index contributed by atoms with van der Waals surface area (Å²) in [5.74, 6) is 1.42. The monoisotopic (exact) mass is 274 g/mol. The maximum Gasteiger partial charge on any atom is 0.226 e. The number of hydrogen-bond donors (Lipinski definition) is 1. The van der Waals surface area contributed by atoms with E-state index in [1.807, 2.05) is 18.3 Å². The molecule has 2 aromatic rings. The van der Waals surface area contributed by atoms with E-state index in [1.54, 1.807) is 6.20 Å². The van der Waals surface area contributed by atoms with E-state index in [9.17, 15) is 0 Å². The zero-order valence-corrected chi connectivity index (χ0v) is 12.2. The molecule has 0 spiro atoms. The molecule has 0 amide bonds. The number of nitrogens with zero attached hydrogens (tertiary/aromatic N) is 3. The molecular weight excluding hydrogens is 252 g/mol. The number of aryl methyl sites for hydroxylation is 1. The lowest BCUT2D eigenvalue weighted by Crippen LogP contribution is -2.17. The van der Waals surface area contributed by atoms with Crippen molar-refractivity contribution in [3.8, 4) is 0 Å². The number of rotatable bonds is 7. The molecule has 0 saturated heterocycles. The van der Waals surface area contributed by atoms with Gasteiger partial charge in [0.05, 0.1) is 0 Å². The Hall–Kier alpha value is -1.75. The first kappa shape index (κ1) is 14.7. The van der Waals surface area contributed by atoms with Crippen LogP contribution < -0.4 is 5.73 Å². The van der Waals surface area contributed by atoms with Gasteiger partial charge in [-0.05, 0) is 36.4 Å². The van der Waals surface area contributed by atoms with Gasteiger partial charge < -0.3 is 10.3 Å². The van der Waals surface area contributed by atoms with Crippen molar-refractivity contribution in [3.63, 3.8) is 0 Å². The highest BCUT2D eigenvalue weighted by atomic mass is 16.5. The average Bonchev–Trinajstić information content (AvgIpc) is 2.85. The van der Waals surface area contributed by atoms with Crippen LogP contribution in [-0.2, 0) is 12.8 Å². The van der Waals surface area contributed by atoms with Gasteiger partial charge in [-0.2, -0.15) is 4.98 Å². The summed E-state index contributed by atoms with van der Waals surface area (Å²) < 4.78 is 5.30. The maximum atomic E-state index is 5.62. The van der Waals surface area contributed by atoms with Gasteiger partial charge in [0.1, 0.15) is 0 Å². The number of pyridine rings is 1. The van der Waals surface area contributed by atoms with E-state index in [4.69, 9.17) is 10.3 Å². The molecule has 0 radical (unpaired) electrons. The van der Waals surface area contributed by atoms with Crippen molar-refractivity contribution in [3.05, 3.63) is 41.8 Å². The van der Waals surface area contributed by atoms with Gasteiger partial charge in [0.25, 0.3) is 0 Å². The lowest BCUT2D eigenvalue weighted by Gasteiger charge is -2.22. The zero-order valence-electron chi connectivity index (χ0n) is 12.2. The first-order valence-electron chi connectivity index (χ1n) is 6.99. The van der Waals surface area contributed by atoms with Crippen molar-refractivity contribution >= 4 is 0 Å². The highest BCUT2D eigenvalue weighted by molar-refractivity contribution is 5.13. The Kier molecular flexibility index (Phi) is 4.84. The third-order valence-corrected chi connectivity index (χ3v) is 3.43. The van der Waals surface area contributed by atoms with E-state index in [0.717, 1.165) is 24.8 Å². The molecule has 108 valence electrons. The van der Waals surface area contributed by atoms with Crippen molar-refractivity contribution in [1.82, 2.24) is 15.1 Å². The Balaban J connectivity index is 1.89. The molecular formula is C15H22N4O. The first-order chi connectivity index (χ1) is 9.59. The van der Waals surface area contributed by atoms with Gasteiger partial charge in [0.2, 0.25) is 5.89 Å². The van der Waals surface area contributed by atoms with E-state index in [-0.39, 0.29) is 5.41 Å². The second-order valence-electron chi connectivity index (χ2n) is 5.85. The quantitative estimate of drug-likeness (QED) is 0.838. The van der Waals surface area contributed by atoms with Crippen LogP contribution in [0.1, 0.15) is 44.0 Å². The Labute approximate surface area is 119 Å². The second-order valence-corrected chi connectivity index (χ2v) is 5.85. The number of aromatic nitrogens is 3. The molecule has 2 aromatic heterocycles. The van der Waals surface area contributed by atoms with Gasteiger partial charge in [0, 0.05) is 25.2 Å². The third-order valence-electron chi connectivity index (χ3n) is 3.43. The molecule has 0 fully saturated rings. The molecule has 0 atom stereocenters. The van der Waals surface area contributed by atoms with E-state index < -0.39 is 0 Å². The van der Waals surface area contributed by atoms with Crippen molar-refractivity contribution in [2.75, 3.05) is 6.54 Å². The summed E-state index contributed by atoms with van der Waals surface area (Å²) >= 11 is 0. The fourth-order valence-electron chi connectivity index (χ4n) is 2.11. The summed E-state index contributed by atoms with van der Waals surface area (Å²) in [5, 5.41) is 4.02. The average molecular weight is 274 g/mol. The molecule has 0 aliphatic carbocycles. The zero-order chi connectivity index (χ0) is 14.4. The van der Waals surface area contributed by atoms with Crippen LogP contribution in [0.3, 0.4) is 0 Å². The predicted molar refractivity (Wildman–Crippen MR) is 77.1 cm³/mol. The second kappa shape index (κ2) is 6.61. The topological polar surface area (TPSA) is 77.8 Å². The summed E-state index contributed by atoms with van der Waals surface area (Å²) in [6.45, 7) is 5.14. The smallest absolute Gasteiger partial charge is 0.226 e. The summed E-state index contributed by atoms with van der Waals surface area (Å²) in [6, 6.07) is 3.92. The molecule has 5 nitrogen and oxygen atoms in total. The summed E-state index contributed by atoms with van der Waals surface area (Å²) in [5.41, 5.74) is 6.92. The van der Waals surface area contributed by atoms with Gasteiger partial charge in [-0.25, -0.2) is 0 Å². The van der Waals surface area contributed by atoms with Crippen LogP contribution in [0.15, 0.2) is 29.0 Å².